The monoisotopic (exact) mass is 324 g/mol. The normalized spacial score (nSPS) is 18.0. The average Bonchev–Trinajstić information content (AvgIpc) is 2.51. The van der Waals surface area contributed by atoms with Crippen molar-refractivity contribution in [2.45, 2.75) is 26.7 Å². The minimum atomic E-state index is -0.236. The molecule has 0 aliphatic carbocycles. The molecule has 1 atom stereocenters. The number of carbonyl (C=O) groups excluding carboxylic acids is 2. The molecule has 1 aromatic rings. The van der Waals surface area contributed by atoms with Crippen LogP contribution in [0, 0.1) is 12.8 Å². The fourth-order valence-electron chi connectivity index (χ4n) is 2.54. The second kappa shape index (κ2) is 7.49. The molecule has 1 heterocycles. The number of halogens is 1. The van der Waals surface area contributed by atoms with Crippen LogP contribution in [0.2, 0.25) is 5.02 Å². The summed E-state index contributed by atoms with van der Waals surface area (Å²) in [7, 11) is 0. The Bertz CT molecular complexity index is 562. The molecule has 0 radical (unpaired) electrons. The summed E-state index contributed by atoms with van der Waals surface area (Å²) >= 11 is 5.96. The summed E-state index contributed by atoms with van der Waals surface area (Å²) in [5, 5.41) is 3.44. The number of piperidine rings is 1. The van der Waals surface area contributed by atoms with Crippen LogP contribution >= 0.6 is 11.6 Å². The number of rotatable bonds is 3. The Balaban J connectivity index is 2.00. The zero-order valence-corrected chi connectivity index (χ0v) is 13.7. The number of urea groups is 1. The van der Waals surface area contributed by atoms with Gasteiger partial charge in [0, 0.05) is 23.8 Å². The second-order valence-corrected chi connectivity index (χ2v) is 5.86. The molecule has 0 aromatic heterocycles. The number of amides is 2. The van der Waals surface area contributed by atoms with E-state index in [1.54, 1.807) is 24.0 Å². The first-order chi connectivity index (χ1) is 10.5. The van der Waals surface area contributed by atoms with Gasteiger partial charge in [-0.15, -0.1) is 0 Å². The molecule has 1 aliphatic heterocycles. The van der Waals surface area contributed by atoms with Crippen molar-refractivity contribution >= 4 is 29.3 Å². The molecule has 0 spiro atoms. The molecule has 1 aromatic carbocycles. The van der Waals surface area contributed by atoms with E-state index in [1.165, 1.54) is 0 Å². The summed E-state index contributed by atoms with van der Waals surface area (Å²) in [6, 6.07) is 5.15. The van der Waals surface area contributed by atoms with Gasteiger partial charge in [-0.05, 0) is 44.4 Å². The summed E-state index contributed by atoms with van der Waals surface area (Å²) in [6.45, 7) is 5.09. The van der Waals surface area contributed by atoms with Gasteiger partial charge in [-0.1, -0.05) is 17.7 Å². The van der Waals surface area contributed by atoms with Crippen molar-refractivity contribution < 1.29 is 14.3 Å². The molecule has 0 saturated carbocycles. The number of ether oxygens (including phenoxy) is 1. The standard InChI is InChI=1S/C16H21ClN2O3/c1-3-22-15(20)12-5-4-8-19(10-12)16(21)18-14-9-13(17)7-6-11(14)2/h6-7,9,12H,3-5,8,10H2,1-2H3,(H,18,21)/t12-/m1/s1. The highest BCUT2D eigenvalue weighted by atomic mass is 35.5. The molecule has 120 valence electrons. The van der Waals surface area contributed by atoms with E-state index in [4.69, 9.17) is 16.3 Å². The van der Waals surface area contributed by atoms with E-state index in [-0.39, 0.29) is 17.9 Å². The average molecular weight is 325 g/mol. The highest BCUT2D eigenvalue weighted by Gasteiger charge is 2.29. The number of aryl methyl sites for hydroxylation is 1. The van der Waals surface area contributed by atoms with Crippen molar-refractivity contribution in [1.29, 1.82) is 0 Å². The lowest BCUT2D eigenvalue weighted by Gasteiger charge is -2.31. The zero-order chi connectivity index (χ0) is 16.1. The van der Waals surface area contributed by atoms with E-state index in [0.29, 0.717) is 30.4 Å². The number of esters is 1. The van der Waals surface area contributed by atoms with Gasteiger partial charge in [0.05, 0.1) is 12.5 Å². The fourth-order valence-corrected chi connectivity index (χ4v) is 2.71. The van der Waals surface area contributed by atoms with Gasteiger partial charge in [-0.2, -0.15) is 0 Å². The molecule has 1 fully saturated rings. The van der Waals surface area contributed by atoms with Crippen LogP contribution in [0.3, 0.4) is 0 Å². The number of hydrogen-bond acceptors (Lipinski definition) is 3. The van der Waals surface area contributed by atoms with Crippen molar-refractivity contribution in [2.75, 3.05) is 25.0 Å². The molecule has 0 unspecified atom stereocenters. The Morgan fingerprint density at radius 2 is 2.23 bits per heavy atom. The van der Waals surface area contributed by atoms with Gasteiger partial charge in [0.25, 0.3) is 0 Å². The third-order valence-corrected chi connectivity index (χ3v) is 4.00. The number of carbonyl (C=O) groups is 2. The Morgan fingerprint density at radius 1 is 1.45 bits per heavy atom. The summed E-state index contributed by atoms with van der Waals surface area (Å²) in [4.78, 5) is 25.9. The Hall–Kier alpha value is -1.75. The number of anilines is 1. The zero-order valence-electron chi connectivity index (χ0n) is 12.9. The van der Waals surface area contributed by atoms with E-state index in [0.717, 1.165) is 18.4 Å². The van der Waals surface area contributed by atoms with Crippen molar-refractivity contribution in [3.05, 3.63) is 28.8 Å². The van der Waals surface area contributed by atoms with Crippen molar-refractivity contribution in [1.82, 2.24) is 4.90 Å². The summed E-state index contributed by atoms with van der Waals surface area (Å²) in [5.41, 5.74) is 1.63. The van der Waals surface area contributed by atoms with Crippen LogP contribution in [0.5, 0.6) is 0 Å². The molecule has 1 saturated heterocycles. The maximum Gasteiger partial charge on any atom is 0.321 e. The fraction of sp³-hybridized carbons (Fsp3) is 0.500. The van der Waals surface area contributed by atoms with Crippen LogP contribution in [-0.4, -0.2) is 36.6 Å². The van der Waals surface area contributed by atoms with Crippen molar-refractivity contribution in [3.8, 4) is 0 Å². The largest absolute Gasteiger partial charge is 0.466 e. The minimum absolute atomic E-state index is 0.209. The molecule has 6 heteroatoms. The van der Waals surface area contributed by atoms with E-state index < -0.39 is 0 Å². The van der Waals surface area contributed by atoms with Gasteiger partial charge in [0.2, 0.25) is 0 Å². The lowest BCUT2D eigenvalue weighted by Crippen LogP contribution is -2.44. The third-order valence-electron chi connectivity index (χ3n) is 3.77. The predicted molar refractivity (Wildman–Crippen MR) is 86.1 cm³/mol. The van der Waals surface area contributed by atoms with Crippen molar-refractivity contribution in [2.24, 2.45) is 5.92 Å². The van der Waals surface area contributed by atoms with Crippen molar-refractivity contribution in [3.63, 3.8) is 0 Å². The Kier molecular flexibility index (Phi) is 5.66. The predicted octanol–water partition coefficient (Wildman–Crippen LogP) is 3.46. The summed E-state index contributed by atoms with van der Waals surface area (Å²) in [6.07, 6.45) is 1.56. The van der Waals surface area contributed by atoms with Gasteiger partial charge in [-0.25, -0.2) is 4.79 Å². The van der Waals surface area contributed by atoms with Crippen LogP contribution in [0.15, 0.2) is 18.2 Å². The number of nitrogens with one attached hydrogen (secondary N) is 1. The smallest absolute Gasteiger partial charge is 0.321 e. The highest BCUT2D eigenvalue weighted by Crippen LogP contribution is 2.22. The maximum absolute atomic E-state index is 12.4. The molecule has 1 N–H and O–H groups in total. The van der Waals surface area contributed by atoms with Gasteiger partial charge in [0.1, 0.15) is 0 Å². The molecule has 5 nitrogen and oxygen atoms in total. The highest BCUT2D eigenvalue weighted by molar-refractivity contribution is 6.31. The Labute approximate surface area is 135 Å². The van der Waals surface area contributed by atoms with Gasteiger partial charge < -0.3 is 15.0 Å². The van der Waals surface area contributed by atoms with E-state index in [2.05, 4.69) is 5.32 Å². The molecule has 2 amide bonds. The first-order valence-electron chi connectivity index (χ1n) is 7.50. The van der Waals surface area contributed by atoms with Crippen LogP contribution in [0.25, 0.3) is 0 Å². The van der Waals surface area contributed by atoms with Gasteiger partial charge in [0.15, 0.2) is 0 Å². The topological polar surface area (TPSA) is 58.6 Å². The van der Waals surface area contributed by atoms with Gasteiger partial charge >= 0.3 is 12.0 Å². The summed E-state index contributed by atoms with van der Waals surface area (Å²) < 4.78 is 5.05. The summed E-state index contributed by atoms with van der Waals surface area (Å²) in [5.74, 6) is -0.459. The van der Waals surface area contributed by atoms with E-state index in [9.17, 15) is 9.59 Å². The molecule has 22 heavy (non-hydrogen) atoms. The van der Waals surface area contributed by atoms with Crippen LogP contribution in [-0.2, 0) is 9.53 Å². The van der Waals surface area contributed by atoms with E-state index >= 15 is 0 Å². The van der Waals surface area contributed by atoms with Crippen LogP contribution in [0.4, 0.5) is 10.5 Å². The quantitative estimate of drug-likeness (QED) is 0.866. The van der Waals surface area contributed by atoms with Crippen LogP contribution in [0.1, 0.15) is 25.3 Å². The second-order valence-electron chi connectivity index (χ2n) is 5.43. The van der Waals surface area contributed by atoms with Crippen LogP contribution < -0.4 is 5.32 Å². The number of nitrogens with zero attached hydrogens (tertiary/aromatic N) is 1. The molecule has 1 aliphatic rings. The SMILES string of the molecule is CCOC(=O)[C@@H]1CCCN(C(=O)Nc2cc(Cl)ccc2C)C1. The number of benzene rings is 1. The van der Waals surface area contributed by atoms with E-state index in [1.807, 2.05) is 13.0 Å². The number of likely N-dealkylation sites (tertiary alicyclic amines) is 1. The molecular formula is C16H21ClN2O3. The third kappa shape index (κ3) is 4.13. The number of hydrogen-bond donors (Lipinski definition) is 1. The maximum atomic E-state index is 12.4. The molecule has 0 bridgehead atoms. The molecule has 2 rings (SSSR count). The lowest BCUT2D eigenvalue weighted by molar-refractivity contribution is -0.149. The minimum Gasteiger partial charge on any atom is -0.466 e. The first-order valence-corrected chi connectivity index (χ1v) is 7.87. The Morgan fingerprint density at radius 3 is 2.95 bits per heavy atom. The van der Waals surface area contributed by atoms with Gasteiger partial charge in [-0.3, -0.25) is 4.79 Å². The lowest BCUT2D eigenvalue weighted by atomic mass is 9.98. The molecular weight excluding hydrogens is 304 g/mol. The first kappa shape index (κ1) is 16.6.